The molecule has 1 N–H and O–H groups in total. The van der Waals surface area contributed by atoms with Crippen LogP contribution in [0.2, 0.25) is 0 Å². The van der Waals surface area contributed by atoms with Crippen LogP contribution in [0.25, 0.3) is 0 Å². The number of anilines is 2. The summed E-state index contributed by atoms with van der Waals surface area (Å²) in [6, 6.07) is 8.43. The van der Waals surface area contributed by atoms with Gasteiger partial charge in [-0.15, -0.1) is 0 Å². The van der Waals surface area contributed by atoms with Gasteiger partial charge < -0.3 is 10.2 Å². The molecule has 0 aromatic heterocycles. The largest absolute Gasteiger partial charge is 0.369 e. The summed E-state index contributed by atoms with van der Waals surface area (Å²) >= 11 is 3.35. The van der Waals surface area contributed by atoms with Crippen LogP contribution in [-0.4, -0.2) is 22.8 Å². The third-order valence-electron chi connectivity index (χ3n) is 2.96. The number of halogens is 1. The number of amides is 1. The predicted molar refractivity (Wildman–Crippen MR) is 86.2 cm³/mol. The number of rotatable bonds is 5. The van der Waals surface area contributed by atoms with E-state index in [1.165, 1.54) is 5.69 Å². The Morgan fingerprint density at radius 2 is 1.84 bits per heavy atom. The van der Waals surface area contributed by atoms with Gasteiger partial charge in [-0.3, -0.25) is 4.79 Å². The van der Waals surface area contributed by atoms with Crippen LogP contribution in [0.15, 0.2) is 24.3 Å². The Labute approximate surface area is 124 Å². The maximum atomic E-state index is 11.8. The lowest BCUT2D eigenvalue weighted by Crippen LogP contribution is -2.31. The summed E-state index contributed by atoms with van der Waals surface area (Å²) in [5.74, 6) is -0.0449. The summed E-state index contributed by atoms with van der Waals surface area (Å²) in [6.45, 7) is 11.1. The van der Waals surface area contributed by atoms with Crippen molar-refractivity contribution in [3.8, 4) is 0 Å². The smallest absolute Gasteiger partial charge is 0.240 e. The average Bonchev–Trinajstić information content (AvgIpc) is 2.30. The van der Waals surface area contributed by atoms with E-state index < -0.39 is 4.32 Å². The van der Waals surface area contributed by atoms with E-state index in [4.69, 9.17) is 0 Å². The third kappa shape index (κ3) is 4.53. The molecule has 0 aliphatic carbocycles. The van der Waals surface area contributed by atoms with E-state index in [9.17, 15) is 4.79 Å². The van der Waals surface area contributed by atoms with Crippen LogP contribution in [0.1, 0.15) is 34.6 Å². The van der Waals surface area contributed by atoms with Gasteiger partial charge in [0.1, 0.15) is 0 Å². The van der Waals surface area contributed by atoms with Gasteiger partial charge >= 0.3 is 0 Å². The maximum Gasteiger partial charge on any atom is 0.240 e. The van der Waals surface area contributed by atoms with Crippen molar-refractivity contribution in [2.45, 2.75) is 45.0 Å². The van der Waals surface area contributed by atoms with Crippen LogP contribution >= 0.6 is 15.9 Å². The Kier molecular flexibility index (Phi) is 5.41. The molecule has 1 aromatic carbocycles. The monoisotopic (exact) mass is 326 g/mol. The minimum atomic E-state index is -0.556. The summed E-state index contributed by atoms with van der Waals surface area (Å²) in [4.78, 5) is 14.2. The lowest BCUT2D eigenvalue weighted by atomic mass is 10.2. The molecule has 3 nitrogen and oxygen atoms in total. The molecule has 0 heterocycles. The van der Waals surface area contributed by atoms with Gasteiger partial charge in [-0.25, -0.2) is 0 Å². The predicted octanol–water partition coefficient (Wildman–Crippen LogP) is 4.03. The van der Waals surface area contributed by atoms with Crippen molar-refractivity contribution in [1.29, 1.82) is 0 Å². The first-order valence-electron chi connectivity index (χ1n) is 6.62. The van der Waals surface area contributed by atoms with Gasteiger partial charge in [0.05, 0.1) is 4.32 Å². The second-order valence-corrected chi connectivity index (χ2v) is 7.34. The molecule has 19 heavy (non-hydrogen) atoms. The topological polar surface area (TPSA) is 32.3 Å². The average molecular weight is 327 g/mol. The summed E-state index contributed by atoms with van der Waals surface area (Å²) in [5, 5.41) is 2.89. The quantitative estimate of drug-likeness (QED) is 0.828. The van der Waals surface area contributed by atoms with E-state index in [-0.39, 0.29) is 5.91 Å². The highest BCUT2D eigenvalue weighted by molar-refractivity contribution is 9.10. The van der Waals surface area contributed by atoms with E-state index in [0.717, 1.165) is 12.2 Å². The second-order valence-electron chi connectivity index (χ2n) is 5.35. The van der Waals surface area contributed by atoms with E-state index in [1.54, 1.807) is 0 Å². The number of alkyl halides is 1. The molecule has 0 bridgehead atoms. The van der Waals surface area contributed by atoms with Gasteiger partial charge in [0.15, 0.2) is 0 Å². The van der Waals surface area contributed by atoms with E-state index in [2.05, 4.69) is 46.9 Å². The van der Waals surface area contributed by atoms with Gasteiger partial charge in [-0.1, -0.05) is 15.9 Å². The highest BCUT2D eigenvalue weighted by Crippen LogP contribution is 2.22. The van der Waals surface area contributed by atoms with Crippen molar-refractivity contribution in [2.75, 3.05) is 16.8 Å². The van der Waals surface area contributed by atoms with Crippen molar-refractivity contribution in [3.63, 3.8) is 0 Å². The van der Waals surface area contributed by atoms with Gasteiger partial charge in [0.2, 0.25) is 5.91 Å². The number of nitrogens with one attached hydrogen (secondary N) is 1. The molecular formula is C15H23BrN2O. The van der Waals surface area contributed by atoms with Crippen LogP contribution < -0.4 is 10.2 Å². The van der Waals surface area contributed by atoms with Crippen LogP contribution in [0.4, 0.5) is 11.4 Å². The first-order valence-corrected chi connectivity index (χ1v) is 7.42. The number of carbonyl (C=O) groups is 1. The molecule has 0 radical (unpaired) electrons. The Morgan fingerprint density at radius 3 is 2.21 bits per heavy atom. The normalized spacial score (nSPS) is 11.5. The van der Waals surface area contributed by atoms with Crippen LogP contribution in [0.3, 0.4) is 0 Å². The molecule has 4 heteroatoms. The number of hydrogen-bond donors (Lipinski definition) is 1. The summed E-state index contributed by atoms with van der Waals surface area (Å²) in [5.41, 5.74) is 2.00. The number of carbonyl (C=O) groups excluding carboxylic acids is 1. The molecule has 0 atom stereocenters. The molecule has 1 amide bonds. The molecule has 0 unspecified atom stereocenters. The van der Waals surface area contributed by atoms with Crippen LogP contribution in [0, 0.1) is 0 Å². The molecule has 1 aromatic rings. The molecule has 106 valence electrons. The van der Waals surface area contributed by atoms with Crippen LogP contribution in [-0.2, 0) is 4.79 Å². The molecule has 0 fully saturated rings. The first kappa shape index (κ1) is 16.0. The molecule has 0 aliphatic heterocycles. The Hall–Kier alpha value is -1.03. The lowest BCUT2D eigenvalue weighted by molar-refractivity contribution is -0.117. The zero-order valence-corrected chi connectivity index (χ0v) is 13.9. The Bertz CT molecular complexity index is 421. The lowest BCUT2D eigenvalue weighted by Gasteiger charge is -2.27. The van der Waals surface area contributed by atoms with Crippen molar-refractivity contribution < 1.29 is 4.79 Å². The Morgan fingerprint density at radius 1 is 1.32 bits per heavy atom. The number of benzene rings is 1. The molecular weight excluding hydrogens is 304 g/mol. The van der Waals surface area contributed by atoms with E-state index in [1.807, 2.05) is 38.1 Å². The standard InChI is InChI=1S/C15H23BrN2O/c1-6-18(11(2)3)13-9-7-12(8-10-13)17-14(19)15(4,5)16/h7-11H,6H2,1-5H3,(H,17,19). The fourth-order valence-electron chi connectivity index (χ4n) is 1.86. The third-order valence-corrected chi connectivity index (χ3v) is 3.32. The Balaban J connectivity index is 2.80. The van der Waals surface area contributed by atoms with E-state index >= 15 is 0 Å². The van der Waals surface area contributed by atoms with Gasteiger partial charge in [-0.2, -0.15) is 0 Å². The molecule has 0 spiro atoms. The highest BCUT2D eigenvalue weighted by Gasteiger charge is 2.23. The number of nitrogens with zero attached hydrogens (tertiary/aromatic N) is 1. The minimum absolute atomic E-state index is 0.0449. The SMILES string of the molecule is CCN(c1ccc(NC(=O)C(C)(C)Br)cc1)C(C)C. The molecule has 0 aliphatic rings. The van der Waals surface area contributed by atoms with Crippen molar-refractivity contribution >= 4 is 33.2 Å². The molecule has 1 rings (SSSR count). The van der Waals surface area contributed by atoms with Gasteiger partial charge in [0, 0.05) is 24.0 Å². The fourth-order valence-corrected chi connectivity index (χ4v) is 1.96. The summed E-state index contributed by atoms with van der Waals surface area (Å²) in [7, 11) is 0. The fraction of sp³-hybridized carbons (Fsp3) is 0.533. The van der Waals surface area contributed by atoms with Crippen molar-refractivity contribution in [1.82, 2.24) is 0 Å². The van der Waals surface area contributed by atoms with E-state index in [0.29, 0.717) is 6.04 Å². The van der Waals surface area contributed by atoms with Crippen molar-refractivity contribution in [3.05, 3.63) is 24.3 Å². The summed E-state index contributed by atoms with van der Waals surface area (Å²) < 4.78 is -0.556. The van der Waals surface area contributed by atoms with Gasteiger partial charge in [-0.05, 0) is 58.9 Å². The zero-order chi connectivity index (χ0) is 14.6. The summed E-state index contributed by atoms with van der Waals surface area (Å²) in [6.07, 6.45) is 0. The highest BCUT2D eigenvalue weighted by atomic mass is 79.9. The van der Waals surface area contributed by atoms with Gasteiger partial charge in [0.25, 0.3) is 0 Å². The second kappa shape index (κ2) is 6.42. The van der Waals surface area contributed by atoms with Crippen LogP contribution in [0.5, 0.6) is 0 Å². The molecule has 0 saturated heterocycles. The number of hydrogen-bond acceptors (Lipinski definition) is 2. The minimum Gasteiger partial charge on any atom is -0.369 e. The molecule has 0 saturated carbocycles. The maximum absolute atomic E-state index is 11.8. The zero-order valence-electron chi connectivity index (χ0n) is 12.3. The van der Waals surface area contributed by atoms with Crippen molar-refractivity contribution in [2.24, 2.45) is 0 Å². The first-order chi connectivity index (χ1) is 8.75.